The number of carbonyl (C=O) groups is 3. The maximum Gasteiger partial charge on any atom is 0.414 e. The van der Waals surface area contributed by atoms with Crippen LogP contribution in [-0.4, -0.2) is 29.2 Å². The maximum absolute atomic E-state index is 12.1. The molecule has 0 atom stereocenters. The SMILES string of the molecule is CN(Cc1cccc(-c2ccccc2)c1)C(=O)OC=C1SC(=O)NC1=O. The topological polar surface area (TPSA) is 75.7 Å². The maximum atomic E-state index is 12.1. The van der Waals surface area contributed by atoms with Gasteiger partial charge in [0.05, 0.1) is 0 Å². The van der Waals surface area contributed by atoms with Crippen LogP contribution >= 0.6 is 11.8 Å². The molecule has 3 rings (SSSR count). The molecule has 0 spiro atoms. The third-order valence-corrected chi connectivity index (χ3v) is 4.46. The monoisotopic (exact) mass is 368 g/mol. The van der Waals surface area contributed by atoms with Crippen molar-refractivity contribution in [3.05, 3.63) is 71.3 Å². The van der Waals surface area contributed by atoms with Crippen LogP contribution in [0, 0.1) is 0 Å². The first-order valence-electron chi connectivity index (χ1n) is 7.82. The van der Waals surface area contributed by atoms with E-state index in [1.165, 1.54) is 4.90 Å². The van der Waals surface area contributed by atoms with Crippen LogP contribution in [0.1, 0.15) is 5.56 Å². The fourth-order valence-corrected chi connectivity index (χ4v) is 3.00. The Bertz CT molecular complexity index is 880. The molecular formula is C19H16N2O4S. The average molecular weight is 368 g/mol. The van der Waals surface area contributed by atoms with E-state index in [9.17, 15) is 14.4 Å². The van der Waals surface area contributed by atoms with Gasteiger partial charge in [-0.15, -0.1) is 0 Å². The number of nitrogens with one attached hydrogen (secondary N) is 1. The van der Waals surface area contributed by atoms with E-state index >= 15 is 0 Å². The second kappa shape index (κ2) is 7.88. The van der Waals surface area contributed by atoms with Gasteiger partial charge >= 0.3 is 6.09 Å². The Balaban J connectivity index is 1.63. The van der Waals surface area contributed by atoms with Crippen molar-refractivity contribution in [3.63, 3.8) is 0 Å². The van der Waals surface area contributed by atoms with Gasteiger partial charge in [-0.2, -0.15) is 0 Å². The molecule has 0 aromatic heterocycles. The van der Waals surface area contributed by atoms with Crippen molar-refractivity contribution in [1.29, 1.82) is 0 Å². The van der Waals surface area contributed by atoms with E-state index in [2.05, 4.69) is 5.32 Å². The zero-order valence-electron chi connectivity index (χ0n) is 14.0. The van der Waals surface area contributed by atoms with Gasteiger partial charge in [0, 0.05) is 13.6 Å². The molecule has 3 amide bonds. The molecule has 1 aliphatic rings. The predicted molar refractivity (Wildman–Crippen MR) is 99.0 cm³/mol. The summed E-state index contributed by atoms with van der Waals surface area (Å²) < 4.78 is 4.98. The van der Waals surface area contributed by atoms with Crippen molar-refractivity contribution >= 4 is 29.0 Å². The summed E-state index contributed by atoms with van der Waals surface area (Å²) >= 11 is 0.697. The number of carbonyl (C=O) groups excluding carboxylic acids is 3. The number of ether oxygens (including phenoxy) is 1. The Kier molecular flexibility index (Phi) is 5.38. The lowest BCUT2D eigenvalue weighted by Crippen LogP contribution is -2.26. The summed E-state index contributed by atoms with van der Waals surface area (Å²) in [6.45, 7) is 0.348. The summed E-state index contributed by atoms with van der Waals surface area (Å²) in [5.74, 6) is -0.564. The third kappa shape index (κ3) is 4.31. The minimum atomic E-state index is -0.615. The first-order chi connectivity index (χ1) is 12.5. The lowest BCUT2D eigenvalue weighted by atomic mass is 10.0. The zero-order chi connectivity index (χ0) is 18.5. The van der Waals surface area contributed by atoms with Crippen molar-refractivity contribution in [2.75, 3.05) is 7.05 Å². The van der Waals surface area contributed by atoms with Crippen molar-refractivity contribution in [3.8, 4) is 11.1 Å². The Labute approximate surface area is 154 Å². The van der Waals surface area contributed by atoms with Gasteiger partial charge < -0.3 is 9.64 Å². The number of hydrogen-bond donors (Lipinski definition) is 1. The number of benzene rings is 2. The fraction of sp³-hybridized carbons (Fsp3) is 0.105. The zero-order valence-corrected chi connectivity index (χ0v) is 14.8. The smallest absolute Gasteiger partial charge is 0.414 e. The van der Waals surface area contributed by atoms with Crippen LogP contribution in [0.5, 0.6) is 0 Å². The molecule has 6 nitrogen and oxygen atoms in total. The molecule has 1 N–H and O–H groups in total. The number of amides is 3. The van der Waals surface area contributed by atoms with E-state index in [-0.39, 0.29) is 4.91 Å². The summed E-state index contributed by atoms with van der Waals surface area (Å²) in [6, 6.07) is 17.8. The van der Waals surface area contributed by atoms with Gasteiger partial charge in [0.25, 0.3) is 11.1 Å². The summed E-state index contributed by atoms with van der Waals surface area (Å²) in [5.41, 5.74) is 3.10. The highest BCUT2D eigenvalue weighted by Crippen LogP contribution is 2.23. The summed E-state index contributed by atoms with van der Waals surface area (Å²) in [5, 5.41) is 1.61. The number of thioether (sulfide) groups is 1. The molecule has 0 aliphatic carbocycles. The predicted octanol–water partition coefficient (Wildman–Crippen LogP) is 3.75. The van der Waals surface area contributed by atoms with Crippen molar-refractivity contribution in [2.45, 2.75) is 6.54 Å². The summed E-state index contributed by atoms with van der Waals surface area (Å²) in [4.78, 5) is 36.0. The molecule has 1 heterocycles. The highest BCUT2D eigenvalue weighted by molar-refractivity contribution is 8.18. The van der Waals surface area contributed by atoms with Crippen LogP contribution in [0.15, 0.2) is 65.8 Å². The quantitative estimate of drug-likeness (QED) is 0.657. The molecular weight excluding hydrogens is 352 g/mol. The molecule has 1 fully saturated rings. The van der Waals surface area contributed by atoms with Crippen LogP contribution in [0.25, 0.3) is 11.1 Å². The molecule has 132 valence electrons. The normalized spacial score (nSPS) is 15.0. The summed E-state index contributed by atoms with van der Waals surface area (Å²) in [6.07, 6.45) is 0.389. The molecule has 26 heavy (non-hydrogen) atoms. The van der Waals surface area contributed by atoms with E-state index in [0.29, 0.717) is 18.3 Å². The van der Waals surface area contributed by atoms with E-state index in [1.807, 2.05) is 54.6 Å². The van der Waals surface area contributed by atoms with E-state index < -0.39 is 17.2 Å². The van der Waals surface area contributed by atoms with E-state index in [4.69, 9.17) is 4.74 Å². The third-order valence-electron chi connectivity index (χ3n) is 3.67. The van der Waals surface area contributed by atoms with Crippen LogP contribution in [0.4, 0.5) is 9.59 Å². The van der Waals surface area contributed by atoms with Crippen LogP contribution in [0.3, 0.4) is 0 Å². The Morgan fingerprint density at radius 2 is 1.85 bits per heavy atom. The van der Waals surface area contributed by atoms with Crippen molar-refractivity contribution in [1.82, 2.24) is 10.2 Å². The van der Waals surface area contributed by atoms with Gasteiger partial charge in [-0.1, -0.05) is 48.5 Å². The minimum absolute atomic E-state index is 0.0582. The van der Waals surface area contributed by atoms with E-state index in [1.54, 1.807) is 7.05 Å². The Morgan fingerprint density at radius 1 is 1.12 bits per heavy atom. The molecule has 7 heteroatoms. The standard InChI is InChI=1S/C19H16N2O4S/c1-21(19(24)25-12-16-17(22)20-18(23)26-16)11-13-6-5-9-15(10-13)14-7-3-2-4-8-14/h2-10,12H,11H2,1H3,(H,20,22,23). The second-order valence-electron chi connectivity index (χ2n) is 5.63. The molecule has 0 radical (unpaired) electrons. The van der Waals surface area contributed by atoms with Gasteiger partial charge in [0.1, 0.15) is 11.2 Å². The van der Waals surface area contributed by atoms with Gasteiger partial charge in [0.15, 0.2) is 0 Å². The number of hydrogen-bond acceptors (Lipinski definition) is 5. The van der Waals surface area contributed by atoms with Gasteiger partial charge in [-0.05, 0) is 34.5 Å². The van der Waals surface area contributed by atoms with Crippen LogP contribution < -0.4 is 5.32 Å². The molecule has 2 aromatic carbocycles. The molecule has 0 bridgehead atoms. The molecule has 0 unspecified atom stereocenters. The van der Waals surface area contributed by atoms with E-state index in [0.717, 1.165) is 23.0 Å². The highest BCUT2D eigenvalue weighted by atomic mass is 32.2. The first kappa shape index (κ1) is 17.8. The van der Waals surface area contributed by atoms with Crippen molar-refractivity contribution in [2.24, 2.45) is 0 Å². The first-order valence-corrected chi connectivity index (χ1v) is 8.64. The Hall–Kier alpha value is -3.06. The largest absolute Gasteiger partial charge is 0.417 e. The lowest BCUT2D eigenvalue weighted by Gasteiger charge is -2.16. The number of rotatable bonds is 4. The second-order valence-corrected chi connectivity index (χ2v) is 6.65. The van der Waals surface area contributed by atoms with Gasteiger partial charge in [0.2, 0.25) is 0 Å². The number of nitrogens with zero attached hydrogens (tertiary/aromatic N) is 1. The highest BCUT2D eigenvalue weighted by Gasteiger charge is 2.26. The average Bonchev–Trinajstić information content (AvgIpc) is 2.98. The van der Waals surface area contributed by atoms with Gasteiger partial charge in [-0.3, -0.25) is 14.9 Å². The van der Waals surface area contributed by atoms with Crippen LogP contribution in [-0.2, 0) is 16.1 Å². The molecule has 2 aromatic rings. The van der Waals surface area contributed by atoms with Crippen LogP contribution in [0.2, 0.25) is 0 Å². The fourth-order valence-electron chi connectivity index (χ4n) is 2.42. The molecule has 1 aliphatic heterocycles. The minimum Gasteiger partial charge on any atom is -0.417 e. The number of imide groups is 1. The lowest BCUT2D eigenvalue weighted by molar-refractivity contribution is -0.115. The molecule has 1 saturated heterocycles. The van der Waals surface area contributed by atoms with Crippen molar-refractivity contribution < 1.29 is 19.1 Å². The molecule has 0 saturated carbocycles. The Morgan fingerprint density at radius 3 is 2.54 bits per heavy atom. The summed E-state index contributed by atoms with van der Waals surface area (Å²) in [7, 11) is 1.60. The van der Waals surface area contributed by atoms with Gasteiger partial charge in [-0.25, -0.2) is 4.79 Å².